The molecule has 2 aromatic rings. The lowest BCUT2D eigenvalue weighted by molar-refractivity contribution is 0.397. The zero-order chi connectivity index (χ0) is 11.4. The Kier molecular flexibility index (Phi) is 3.36. The van der Waals surface area contributed by atoms with Crippen LogP contribution in [0.15, 0.2) is 41.0 Å². The van der Waals surface area contributed by atoms with Gasteiger partial charge in [-0.05, 0) is 28.1 Å². The Morgan fingerprint density at radius 2 is 1.94 bits per heavy atom. The Balaban J connectivity index is 2.24. The molecular weight excluding hydrogens is 270 g/mol. The minimum atomic E-state index is 0.498. The number of para-hydroxylation sites is 1. The maximum Gasteiger partial charge on any atom is 0.231 e. The van der Waals surface area contributed by atoms with Gasteiger partial charge in [0.2, 0.25) is 11.8 Å². The first-order valence-electron chi connectivity index (χ1n) is 4.68. The van der Waals surface area contributed by atoms with E-state index in [-0.39, 0.29) is 0 Å². The molecule has 0 radical (unpaired) electrons. The van der Waals surface area contributed by atoms with Crippen molar-refractivity contribution in [1.82, 2.24) is 9.97 Å². The van der Waals surface area contributed by atoms with E-state index < -0.39 is 0 Å². The number of rotatable bonds is 3. The number of anilines is 2. The maximum absolute atomic E-state index is 5.05. The Labute approximate surface area is 102 Å². The predicted molar refractivity (Wildman–Crippen MR) is 66.0 cm³/mol. The minimum Gasteiger partial charge on any atom is -0.481 e. The maximum atomic E-state index is 5.05. The number of hydrogen-bond donors (Lipinski definition) is 1. The van der Waals surface area contributed by atoms with Crippen molar-refractivity contribution >= 4 is 27.6 Å². The van der Waals surface area contributed by atoms with Crippen LogP contribution >= 0.6 is 15.9 Å². The monoisotopic (exact) mass is 279 g/mol. The zero-order valence-electron chi connectivity index (χ0n) is 8.64. The highest BCUT2D eigenvalue weighted by Gasteiger charge is 2.02. The molecule has 0 unspecified atom stereocenters. The average Bonchev–Trinajstić information content (AvgIpc) is 2.29. The Bertz CT molecular complexity index is 476. The van der Waals surface area contributed by atoms with Crippen molar-refractivity contribution in [2.75, 3.05) is 12.4 Å². The number of halogens is 1. The van der Waals surface area contributed by atoms with E-state index in [9.17, 15) is 0 Å². The summed E-state index contributed by atoms with van der Waals surface area (Å²) in [6.45, 7) is 0. The SMILES string of the molecule is COc1cc(Br)nc(Nc2ccccc2)n1. The summed E-state index contributed by atoms with van der Waals surface area (Å²) in [6.07, 6.45) is 0. The van der Waals surface area contributed by atoms with E-state index in [0.717, 1.165) is 5.69 Å². The van der Waals surface area contributed by atoms with Gasteiger partial charge >= 0.3 is 0 Å². The summed E-state index contributed by atoms with van der Waals surface area (Å²) in [7, 11) is 1.57. The third kappa shape index (κ3) is 2.70. The van der Waals surface area contributed by atoms with Crippen molar-refractivity contribution in [2.45, 2.75) is 0 Å². The van der Waals surface area contributed by atoms with Crippen molar-refractivity contribution < 1.29 is 4.74 Å². The summed E-state index contributed by atoms with van der Waals surface area (Å²) in [4.78, 5) is 8.36. The fourth-order valence-corrected chi connectivity index (χ4v) is 1.57. The highest BCUT2D eigenvalue weighted by Crippen LogP contribution is 2.19. The lowest BCUT2D eigenvalue weighted by Crippen LogP contribution is -1.99. The fraction of sp³-hybridized carbons (Fsp3) is 0.0909. The van der Waals surface area contributed by atoms with E-state index in [1.54, 1.807) is 13.2 Å². The second-order valence-corrected chi connectivity index (χ2v) is 3.86. The molecule has 0 saturated carbocycles. The molecule has 0 spiro atoms. The van der Waals surface area contributed by atoms with Crippen LogP contribution in [0.5, 0.6) is 5.88 Å². The smallest absolute Gasteiger partial charge is 0.231 e. The lowest BCUT2D eigenvalue weighted by atomic mass is 10.3. The number of hydrogen-bond acceptors (Lipinski definition) is 4. The highest BCUT2D eigenvalue weighted by molar-refractivity contribution is 9.10. The molecule has 0 fully saturated rings. The molecule has 82 valence electrons. The molecule has 0 aliphatic carbocycles. The number of benzene rings is 1. The molecule has 0 amide bonds. The van der Waals surface area contributed by atoms with E-state index in [1.165, 1.54) is 0 Å². The minimum absolute atomic E-state index is 0.498. The summed E-state index contributed by atoms with van der Waals surface area (Å²) in [5.41, 5.74) is 0.933. The van der Waals surface area contributed by atoms with Gasteiger partial charge in [0, 0.05) is 11.8 Å². The predicted octanol–water partition coefficient (Wildman–Crippen LogP) is 2.99. The van der Waals surface area contributed by atoms with Crippen molar-refractivity contribution in [3.8, 4) is 5.88 Å². The summed E-state index contributed by atoms with van der Waals surface area (Å²) in [5.74, 6) is 1.01. The summed E-state index contributed by atoms with van der Waals surface area (Å²) in [6, 6.07) is 11.4. The van der Waals surface area contributed by atoms with Gasteiger partial charge in [0.05, 0.1) is 7.11 Å². The van der Waals surface area contributed by atoms with E-state index in [2.05, 4.69) is 31.2 Å². The molecule has 4 nitrogen and oxygen atoms in total. The van der Waals surface area contributed by atoms with Crippen LogP contribution in [0.2, 0.25) is 0 Å². The number of aromatic nitrogens is 2. The second-order valence-electron chi connectivity index (χ2n) is 3.05. The van der Waals surface area contributed by atoms with E-state index >= 15 is 0 Å². The quantitative estimate of drug-likeness (QED) is 0.878. The zero-order valence-corrected chi connectivity index (χ0v) is 10.2. The fourth-order valence-electron chi connectivity index (χ4n) is 1.21. The molecule has 0 bridgehead atoms. The number of nitrogens with zero attached hydrogens (tertiary/aromatic N) is 2. The number of nitrogens with one attached hydrogen (secondary N) is 1. The first kappa shape index (κ1) is 10.9. The summed E-state index contributed by atoms with van der Waals surface area (Å²) < 4.78 is 5.73. The molecule has 5 heteroatoms. The Morgan fingerprint density at radius 3 is 2.62 bits per heavy atom. The molecule has 0 saturated heterocycles. The van der Waals surface area contributed by atoms with Crippen LogP contribution in [0.25, 0.3) is 0 Å². The van der Waals surface area contributed by atoms with Gasteiger partial charge < -0.3 is 10.1 Å². The van der Waals surface area contributed by atoms with Crippen LogP contribution in [-0.4, -0.2) is 17.1 Å². The molecule has 1 N–H and O–H groups in total. The van der Waals surface area contributed by atoms with Crippen LogP contribution in [0.1, 0.15) is 0 Å². The first-order chi connectivity index (χ1) is 7.78. The molecule has 1 aromatic carbocycles. The molecule has 1 aromatic heterocycles. The van der Waals surface area contributed by atoms with Gasteiger partial charge in [-0.25, -0.2) is 4.98 Å². The van der Waals surface area contributed by atoms with Crippen molar-refractivity contribution in [3.05, 3.63) is 41.0 Å². The molecule has 0 atom stereocenters. The summed E-state index contributed by atoms with van der Waals surface area (Å²) in [5, 5.41) is 3.09. The lowest BCUT2D eigenvalue weighted by Gasteiger charge is -2.06. The molecule has 2 rings (SSSR count). The molecular formula is C11H10BrN3O. The topological polar surface area (TPSA) is 47.0 Å². The van der Waals surface area contributed by atoms with E-state index in [4.69, 9.17) is 4.74 Å². The number of methoxy groups -OCH3 is 1. The summed E-state index contributed by atoms with van der Waals surface area (Å²) >= 11 is 3.30. The second kappa shape index (κ2) is 4.94. The van der Waals surface area contributed by atoms with E-state index in [1.807, 2.05) is 30.3 Å². The molecule has 16 heavy (non-hydrogen) atoms. The third-order valence-electron chi connectivity index (χ3n) is 1.91. The normalized spacial score (nSPS) is 9.88. The van der Waals surface area contributed by atoms with Crippen LogP contribution in [0.4, 0.5) is 11.6 Å². The molecule has 0 aliphatic rings. The van der Waals surface area contributed by atoms with Gasteiger partial charge in [0.15, 0.2) is 0 Å². The highest BCUT2D eigenvalue weighted by atomic mass is 79.9. The molecule has 1 heterocycles. The van der Waals surface area contributed by atoms with Gasteiger partial charge in [0.25, 0.3) is 0 Å². The van der Waals surface area contributed by atoms with Gasteiger partial charge in [-0.3, -0.25) is 0 Å². The van der Waals surface area contributed by atoms with Crippen molar-refractivity contribution in [2.24, 2.45) is 0 Å². The van der Waals surface area contributed by atoms with Gasteiger partial charge in [-0.2, -0.15) is 4.98 Å². The van der Waals surface area contributed by atoms with Crippen LogP contribution in [0, 0.1) is 0 Å². The van der Waals surface area contributed by atoms with Crippen LogP contribution in [-0.2, 0) is 0 Å². The Hall–Kier alpha value is -1.62. The third-order valence-corrected chi connectivity index (χ3v) is 2.32. The van der Waals surface area contributed by atoms with Crippen molar-refractivity contribution in [3.63, 3.8) is 0 Å². The van der Waals surface area contributed by atoms with Gasteiger partial charge in [0.1, 0.15) is 4.60 Å². The van der Waals surface area contributed by atoms with Gasteiger partial charge in [-0.15, -0.1) is 0 Å². The largest absolute Gasteiger partial charge is 0.481 e. The number of ether oxygens (including phenoxy) is 1. The Morgan fingerprint density at radius 1 is 1.19 bits per heavy atom. The van der Waals surface area contributed by atoms with E-state index in [0.29, 0.717) is 16.4 Å². The van der Waals surface area contributed by atoms with Crippen molar-refractivity contribution in [1.29, 1.82) is 0 Å². The average molecular weight is 280 g/mol. The van der Waals surface area contributed by atoms with Crippen LogP contribution < -0.4 is 10.1 Å². The van der Waals surface area contributed by atoms with Crippen LogP contribution in [0.3, 0.4) is 0 Å². The van der Waals surface area contributed by atoms with Gasteiger partial charge in [-0.1, -0.05) is 18.2 Å². The standard InChI is InChI=1S/C11H10BrN3O/c1-16-10-7-9(12)14-11(15-10)13-8-5-3-2-4-6-8/h2-7H,1H3,(H,13,14,15). The first-order valence-corrected chi connectivity index (χ1v) is 5.48. The molecule has 0 aliphatic heterocycles.